The first kappa shape index (κ1) is 20.4. The Morgan fingerprint density at radius 2 is 1.80 bits per heavy atom. The number of rotatable bonds is 5. The van der Waals surface area contributed by atoms with Gasteiger partial charge in [-0.1, -0.05) is 13.8 Å². The number of hydrogen-bond donors (Lipinski definition) is 2. The third kappa shape index (κ3) is 4.33. The van der Waals surface area contributed by atoms with E-state index in [0.717, 1.165) is 43.1 Å². The fraction of sp³-hybridized carbons (Fsp3) is 0.500. The SMILES string of the molecule is CC(C)CC(=O)N1Cc2[nH]nc(NC(=O)c3ccc(N4CCN(C)CC4)cc3)c2C1. The minimum atomic E-state index is -0.193. The van der Waals surface area contributed by atoms with Crippen molar-refractivity contribution in [2.45, 2.75) is 33.4 Å². The van der Waals surface area contributed by atoms with Crippen LogP contribution in [0.25, 0.3) is 0 Å². The van der Waals surface area contributed by atoms with Gasteiger partial charge in [0.25, 0.3) is 5.91 Å². The summed E-state index contributed by atoms with van der Waals surface area (Å²) in [4.78, 5) is 31.6. The number of carbonyl (C=O) groups is 2. The number of hydrogen-bond acceptors (Lipinski definition) is 5. The van der Waals surface area contributed by atoms with E-state index in [9.17, 15) is 9.59 Å². The number of aromatic amines is 1. The number of nitrogens with one attached hydrogen (secondary N) is 2. The van der Waals surface area contributed by atoms with Gasteiger partial charge in [0, 0.05) is 49.4 Å². The molecule has 30 heavy (non-hydrogen) atoms. The predicted molar refractivity (Wildman–Crippen MR) is 116 cm³/mol. The van der Waals surface area contributed by atoms with Crippen molar-refractivity contribution in [1.82, 2.24) is 20.0 Å². The average Bonchev–Trinajstić information content (AvgIpc) is 3.30. The van der Waals surface area contributed by atoms with E-state index < -0.39 is 0 Å². The summed E-state index contributed by atoms with van der Waals surface area (Å²) in [5, 5.41) is 10.1. The Balaban J connectivity index is 1.38. The van der Waals surface area contributed by atoms with Crippen LogP contribution in [0.5, 0.6) is 0 Å². The van der Waals surface area contributed by atoms with Crippen molar-refractivity contribution in [1.29, 1.82) is 0 Å². The lowest BCUT2D eigenvalue weighted by atomic mass is 10.1. The van der Waals surface area contributed by atoms with Crippen LogP contribution in [-0.2, 0) is 17.9 Å². The number of piperazine rings is 1. The second-order valence-corrected chi connectivity index (χ2v) is 8.67. The highest BCUT2D eigenvalue weighted by Crippen LogP contribution is 2.28. The molecule has 1 fully saturated rings. The van der Waals surface area contributed by atoms with E-state index in [1.54, 1.807) is 0 Å². The van der Waals surface area contributed by atoms with Crippen molar-refractivity contribution in [3.8, 4) is 0 Å². The molecule has 8 heteroatoms. The molecule has 1 saturated heterocycles. The fourth-order valence-corrected chi connectivity index (χ4v) is 3.97. The van der Waals surface area contributed by atoms with Crippen LogP contribution < -0.4 is 10.2 Å². The van der Waals surface area contributed by atoms with Gasteiger partial charge in [0.05, 0.1) is 18.8 Å². The van der Waals surface area contributed by atoms with Crippen molar-refractivity contribution < 1.29 is 9.59 Å². The van der Waals surface area contributed by atoms with Gasteiger partial charge in [0.1, 0.15) is 0 Å². The highest BCUT2D eigenvalue weighted by molar-refractivity contribution is 6.04. The standard InChI is InChI=1S/C22H30N6O2/c1-15(2)12-20(29)28-13-18-19(14-28)24-25-21(18)23-22(30)16-4-6-17(7-5-16)27-10-8-26(3)9-11-27/h4-7,15H,8-14H2,1-3H3,(H2,23,24,25,30). The molecule has 0 bridgehead atoms. The molecule has 0 saturated carbocycles. The van der Waals surface area contributed by atoms with Gasteiger partial charge in [0.2, 0.25) is 5.91 Å². The number of fused-ring (bicyclic) bond motifs is 1. The molecule has 8 nitrogen and oxygen atoms in total. The lowest BCUT2D eigenvalue weighted by molar-refractivity contribution is -0.132. The van der Waals surface area contributed by atoms with Gasteiger partial charge in [-0.05, 0) is 37.2 Å². The van der Waals surface area contributed by atoms with E-state index in [4.69, 9.17) is 0 Å². The van der Waals surface area contributed by atoms with E-state index >= 15 is 0 Å². The molecule has 1 aromatic heterocycles. The normalized spacial score (nSPS) is 16.8. The number of aromatic nitrogens is 2. The molecule has 3 heterocycles. The smallest absolute Gasteiger partial charge is 0.256 e. The first-order valence-corrected chi connectivity index (χ1v) is 10.6. The number of anilines is 2. The van der Waals surface area contributed by atoms with Gasteiger partial charge in [-0.15, -0.1) is 0 Å². The molecule has 0 unspecified atom stereocenters. The lowest BCUT2D eigenvalue weighted by Gasteiger charge is -2.34. The van der Waals surface area contributed by atoms with Gasteiger partial charge in [-0.25, -0.2) is 0 Å². The molecule has 2 N–H and O–H groups in total. The molecule has 0 atom stereocenters. The first-order chi connectivity index (χ1) is 14.4. The molecule has 4 rings (SSSR count). The van der Waals surface area contributed by atoms with E-state index in [-0.39, 0.29) is 11.8 Å². The molecule has 2 amide bonds. The maximum Gasteiger partial charge on any atom is 0.256 e. The maximum atomic E-state index is 12.7. The van der Waals surface area contributed by atoms with Crippen LogP contribution in [-0.4, -0.2) is 65.0 Å². The van der Waals surface area contributed by atoms with Gasteiger partial charge in [0.15, 0.2) is 5.82 Å². The molecule has 2 aliphatic heterocycles. The van der Waals surface area contributed by atoms with E-state index in [1.165, 1.54) is 0 Å². The molecule has 160 valence electrons. The van der Waals surface area contributed by atoms with Gasteiger partial charge in [-0.2, -0.15) is 5.10 Å². The van der Waals surface area contributed by atoms with Crippen molar-refractivity contribution in [3.05, 3.63) is 41.1 Å². The Bertz CT molecular complexity index is 912. The Morgan fingerprint density at radius 3 is 2.47 bits per heavy atom. The van der Waals surface area contributed by atoms with E-state index in [1.807, 2.05) is 43.0 Å². The van der Waals surface area contributed by atoms with Crippen molar-refractivity contribution in [2.24, 2.45) is 5.92 Å². The van der Waals surface area contributed by atoms with Crippen LogP contribution in [0.2, 0.25) is 0 Å². The molecular formula is C22H30N6O2. The van der Waals surface area contributed by atoms with Crippen LogP contribution in [0.4, 0.5) is 11.5 Å². The van der Waals surface area contributed by atoms with Crippen LogP contribution in [0.1, 0.15) is 41.9 Å². The molecule has 2 aromatic rings. The van der Waals surface area contributed by atoms with Gasteiger partial charge < -0.3 is 20.0 Å². The second kappa shape index (κ2) is 8.47. The number of H-pyrrole nitrogens is 1. The summed E-state index contributed by atoms with van der Waals surface area (Å²) in [5.74, 6) is 0.771. The third-order valence-electron chi connectivity index (χ3n) is 5.82. The summed E-state index contributed by atoms with van der Waals surface area (Å²) in [6, 6.07) is 7.71. The largest absolute Gasteiger partial charge is 0.369 e. The molecule has 0 radical (unpaired) electrons. The van der Waals surface area contributed by atoms with Crippen LogP contribution >= 0.6 is 0 Å². The number of benzene rings is 1. The average molecular weight is 411 g/mol. The molecule has 0 spiro atoms. The minimum Gasteiger partial charge on any atom is -0.369 e. The van der Waals surface area contributed by atoms with E-state index in [2.05, 4.69) is 32.4 Å². The lowest BCUT2D eigenvalue weighted by Crippen LogP contribution is -2.44. The zero-order chi connectivity index (χ0) is 21.3. The highest BCUT2D eigenvalue weighted by Gasteiger charge is 2.29. The maximum absolute atomic E-state index is 12.7. The summed E-state index contributed by atoms with van der Waals surface area (Å²) in [6.45, 7) is 9.15. The van der Waals surface area contributed by atoms with E-state index in [0.29, 0.717) is 36.8 Å². The zero-order valence-electron chi connectivity index (χ0n) is 17.9. The Hall–Kier alpha value is -2.87. The summed E-state index contributed by atoms with van der Waals surface area (Å²) < 4.78 is 0. The van der Waals surface area contributed by atoms with Crippen LogP contribution in [0.3, 0.4) is 0 Å². The topological polar surface area (TPSA) is 84.6 Å². The van der Waals surface area contributed by atoms with Crippen molar-refractivity contribution >= 4 is 23.3 Å². The predicted octanol–water partition coefficient (Wildman–Crippen LogP) is 2.30. The molecule has 1 aromatic carbocycles. The monoisotopic (exact) mass is 410 g/mol. The summed E-state index contributed by atoms with van der Waals surface area (Å²) >= 11 is 0. The van der Waals surface area contributed by atoms with Crippen LogP contribution in [0.15, 0.2) is 24.3 Å². The van der Waals surface area contributed by atoms with Gasteiger partial charge >= 0.3 is 0 Å². The second-order valence-electron chi connectivity index (χ2n) is 8.67. The van der Waals surface area contributed by atoms with Crippen molar-refractivity contribution in [3.63, 3.8) is 0 Å². The number of nitrogens with zero attached hydrogens (tertiary/aromatic N) is 4. The Morgan fingerprint density at radius 1 is 1.10 bits per heavy atom. The number of amides is 2. The van der Waals surface area contributed by atoms with Crippen molar-refractivity contribution in [2.75, 3.05) is 43.4 Å². The number of carbonyl (C=O) groups excluding carboxylic acids is 2. The summed E-state index contributed by atoms with van der Waals surface area (Å²) in [7, 11) is 2.13. The zero-order valence-corrected chi connectivity index (χ0v) is 17.9. The molecule has 2 aliphatic rings. The minimum absolute atomic E-state index is 0.131. The fourth-order valence-electron chi connectivity index (χ4n) is 3.97. The summed E-state index contributed by atoms with van der Waals surface area (Å²) in [6.07, 6.45) is 0.527. The highest BCUT2D eigenvalue weighted by atomic mass is 16.2. The van der Waals surface area contributed by atoms with Crippen LogP contribution in [0, 0.1) is 5.92 Å². The third-order valence-corrected chi connectivity index (χ3v) is 5.82. The Kier molecular flexibility index (Phi) is 5.76. The Labute approximate surface area is 177 Å². The molecular weight excluding hydrogens is 380 g/mol. The van der Waals surface area contributed by atoms with Gasteiger partial charge in [-0.3, -0.25) is 14.7 Å². The first-order valence-electron chi connectivity index (χ1n) is 10.6. The summed E-state index contributed by atoms with van der Waals surface area (Å²) in [5.41, 5.74) is 3.53. The number of likely N-dealkylation sites (N-methyl/N-ethyl adjacent to an activating group) is 1. The quantitative estimate of drug-likeness (QED) is 0.790. The molecule has 0 aliphatic carbocycles.